The van der Waals surface area contributed by atoms with Crippen molar-refractivity contribution >= 4 is 35.0 Å². The minimum Gasteiger partial charge on any atom is -0.495 e. The van der Waals surface area contributed by atoms with Gasteiger partial charge < -0.3 is 10.1 Å². The van der Waals surface area contributed by atoms with Gasteiger partial charge >= 0.3 is 0 Å². The Hall–Kier alpha value is -1.65. The maximum atomic E-state index is 12.0. The number of ether oxygens (including phenoxy) is 1. The molecule has 2 aromatic carbocycles. The molecule has 0 aromatic heterocycles. The molecule has 22 heavy (non-hydrogen) atoms. The summed E-state index contributed by atoms with van der Waals surface area (Å²) in [7, 11) is 1.56. The highest BCUT2D eigenvalue weighted by Crippen LogP contribution is 2.27. The molecule has 0 spiro atoms. The summed E-state index contributed by atoms with van der Waals surface area (Å²) in [5.41, 5.74) is 3.04. The maximum Gasteiger partial charge on any atom is 0.234 e. The Balaban J connectivity index is 1.85. The van der Waals surface area contributed by atoms with Crippen molar-refractivity contribution in [2.24, 2.45) is 0 Å². The number of anilines is 1. The van der Waals surface area contributed by atoms with Crippen LogP contribution in [0.5, 0.6) is 5.75 Å². The van der Waals surface area contributed by atoms with Crippen LogP contribution in [-0.4, -0.2) is 18.8 Å². The van der Waals surface area contributed by atoms with Crippen LogP contribution in [0, 0.1) is 6.92 Å². The molecule has 2 aromatic rings. The molecule has 0 fully saturated rings. The van der Waals surface area contributed by atoms with E-state index in [1.165, 1.54) is 11.1 Å². The summed E-state index contributed by atoms with van der Waals surface area (Å²) in [5, 5.41) is 3.39. The molecule has 116 valence electrons. The summed E-state index contributed by atoms with van der Waals surface area (Å²) in [4.78, 5) is 12.0. The van der Waals surface area contributed by atoms with Crippen molar-refractivity contribution < 1.29 is 9.53 Å². The molecular weight excluding hydrogens is 318 g/mol. The number of hydrogen-bond donors (Lipinski definition) is 1. The van der Waals surface area contributed by atoms with E-state index in [9.17, 15) is 4.79 Å². The van der Waals surface area contributed by atoms with Gasteiger partial charge in [-0.25, -0.2) is 0 Å². The van der Waals surface area contributed by atoms with Crippen molar-refractivity contribution in [3.8, 4) is 5.75 Å². The lowest BCUT2D eigenvalue weighted by Gasteiger charge is -2.10. The number of aryl methyl sites for hydroxylation is 1. The van der Waals surface area contributed by atoms with Gasteiger partial charge in [-0.2, -0.15) is 0 Å². The van der Waals surface area contributed by atoms with Crippen LogP contribution < -0.4 is 10.1 Å². The van der Waals surface area contributed by atoms with Crippen molar-refractivity contribution in [1.82, 2.24) is 0 Å². The van der Waals surface area contributed by atoms with E-state index in [0.717, 1.165) is 5.75 Å². The second-order valence-electron chi connectivity index (χ2n) is 4.87. The molecule has 1 N–H and O–H groups in total. The minimum absolute atomic E-state index is 0.0716. The molecule has 0 atom stereocenters. The molecule has 0 radical (unpaired) electrons. The third-order valence-electron chi connectivity index (χ3n) is 3.06. The number of nitrogens with one attached hydrogen (secondary N) is 1. The topological polar surface area (TPSA) is 38.3 Å². The monoisotopic (exact) mass is 335 g/mol. The first-order chi connectivity index (χ1) is 10.6. The van der Waals surface area contributed by atoms with Gasteiger partial charge in [0.25, 0.3) is 0 Å². The maximum absolute atomic E-state index is 12.0. The number of hydrogen-bond acceptors (Lipinski definition) is 3. The molecule has 0 aliphatic carbocycles. The average molecular weight is 336 g/mol. The smallest absolute Gasteiger partial charge is 0.234 e. The van der Waals surface area contributed by atoms with Crippen molar-refractivity contribution in [2.45, 2.75) is 12.7 Å². The fourth-order valence-electron chi connectivity index (χ4n) is 1.91. The minimum atomic E-state index is -0.0716. The largest absolute Gasteiger partial charge is 0.495 e. The van der Waals surface area contributed by atoms with Crippen molar-refractivity contribution in [3.63, 3.8) is 0 Å². The van der Waals surface area contributed by atoms with Gasteiger partial charge in [0.2, 0.25) is 5.91 Å². The van der Waals surface area contributed by atoms with Crippen LogP contribution in [0.3, 0.4) is 0 Å². The van der Waals surface area contributed by atoms with E-state index in [1.54, 1.807) is 37.1 Å². The van der Waals surface area contributed by atoms with Gasteiger partial charge in [-0.3, -0.25) is 4.79 Å². The molecule has 0 aliphatic heterocycles. The summed E-state index contributed by atoms with van der Waals surface area (Å²) < 4.78 is 5.21. The van der Waals surface area contributed by atoms with E-state index in [-0.39, 0.29) is 5.91 Å². The average Bonchev–Trinajstić information content (AvgIpc) is 2.49. The first kappa shape index (κ1) is 16.7. The normalized spacial score (nSPS) is 10.3. The van der Waals surface area contributed by atoms with Gasteiger partial charge in [0.15, 0.2) is 0 Å². The van der Waals surface area contributed by atoms with E-state index in [4.69, 9.17) is 16.3 Å². The van der Waals surface area contributed by atoms with Crippen LogP contribution in [-0.2, 0) is 10.5 Å². The van der Waals surface area contributed by atoms with Gasteiger partial charge in [0.05, 0.1) is 18.6 Å². The van der Waals surface area contributed by atoms with Gasteiger partial charge in [-0.05, 0) is 30.7 Å². The Morgan fingerprint density at radius 2 is 1.95 bits per heavy atom. The number of thioether (sulfide) groups is 1. The molecule has 0 saturated carbocycles. The number of carbonyl (C=O) groups excluding carboxylic acids is 1. The molecule has 1 amide bonds. The number of amides is 1. The Bertz CT molecular complexity index is 644. The summed E-state index contributed by atoms with van der Waals surface area (Å²) in [6, 6.07) is 13.5. The first-order valence-corrected chi connectivity index (χ1v) is 8.38. The number of rotatable bonds is 6. The van der Waals surface area contributed by atoms with Crippen LogP contribution in [0.4, 0.5) is 5.69 Å². The zero-order valence-electron chi connectivity index (χ0n) is 12.6. The SMILES string of the molecule is COc1ccc(Cl)cc1NC(=O)CSCc1ccc(C)cc1. The van der Waals surface area contributed by atoms with Crippen LogP contribution in [0.2, 0.25) is 5.02 Å². The third kappa shape index (κ3) is 4.97. The zero-order valence-corrected chi connectivity index (χ0v) is 14.1. The zero-order chi connectivity index (χ0) is 15.9. The first-order valence-electron chi connectivity index (χ1n) is 6.85. The molecule has 3 nitrogen and oxygen atoms in total. The molecular formula is C17H18ClNO2S. The summed E-state index contributed by atoms with van der Waals surface area (Å²) in [5.74, 6) is 1.71. The van der Waals surface area contributed by atoms with Crippen LogP contribution >= 0.6 is 23.4 Å². The molecule has 0 saturated heterocycles. The molecule has 0 bridgehead atoms. The highest BCUT2D eigenvalue weighted by molar-refractivity contribution is 7.99. The van der Waals surface area contributed by atoms with Gasteiger partial charge in [0, 0.05) is 10.8 Å². The second kappa shape index (κ2) is 8.11. The van der Waals surface area contributed by atoms with Crippen LogP contribution in [0.1, 0.15) is 11.1 Å². The number of halogens is 1. The number of methoxy groups -OCH3 is 1. The Morgan fingerprint density at radius 3 is 2.64 bits per heavy atom. The predicted octanol–water partition coefficient (Wildman–Crippen LogP) is 4.53. The van der Waals surface area contributed by atoms with Crippen molar-refractivity contribution in [2.75, 3.05) is 18.2 Å². The molecule has 0 unspecified atom stereocenters. The van der Waals surface area contributed by atoms with Crippen molar-refractivity contribution in [1.29, 1.82) is 0 Å². The molecule has 0 aliphatic rings. The number of carbonyl (C=O) groups is 1. The van der Waals surface area contributed by atoms with Gasteiger partial charge in [-0.15, -0.1) is 11.8 Å². The number of benzene rings is 2. The Morgan fingerprint density at radius 1 is 1.23 bits per heavy atom. The molecule has 5 heteroatoms. The summed E-state index contributed by atoms with van der Waals surface area (Å²) >= 11 is 7.51. The van der Waals surface area contributed by atoms with E-state index in [1.807, 2.05) is 0 Å². The predicted molar refractivity (Wildman–Crippen MR) is 94.0 cm³/mol. The molecule has 2 rings (SSSR count). The fourth-order valence-corrected chi connectivity index (χ4v) is 2.87. The second-order valence-corrected chi connectivity index (χ2v) is 6.29. The van der Waals surface area contributed by atoms with E-state index in [2.05, 4.69) is 36.5 Å². The summed E-state index contributed by atoms with van der Waals surface area (Å²) in [6.07, 6.45) is 0. The van der Waals surface area contributed by atoms with Gasteiger partial charge in [0.1, 0.15) is 5.75 Å². The van der Waals surface area contributed by atoms with Gasteiger partial charge in [-0.1, -0.05) is 41.4 Å². The van der Waals surface area contributed by atoms with Crippen molar-refractivity contribution in [3.05, 3.63) is 58.6 Å². The van der Waals surface area contributed by atoms with E-state index >= 15 is 0 Å². The Labute approximate surface area is 140 Å². The molecule has 0 heterocycles. The van der Waals surface area contributed by atoms with Crippen LogP contribution in [0.15, 0.2) is 42.5 Å². The Kier molecular flexibility index (Phi) is 6.16. The quantitative estimate of drug-likeness (QED) is 0.843. The standard InChI is InChI=1S/C17H18ClNO2S/c1-12-3-5-13(6-4-12)10-22-11-17(20)19-15-9-14(18)7-8-16(15)21-2/h3-9H,10-11H2,1-2H3,(H,19,20). The fraction of sp³-hybridized carbons (Fsp3) is 0.235. The lowest BCUT2D eigenvalue weighted by molar-refractivity contribution is -0.113. The van der Waals surface area contributed by atoms with Crippen LogP contribution in [0.25, 0.3) is 0 Å². The van der Waals surface area contributed by atoms with E-state index < -0.39 is 0 Å². The summed E-state index contributed by atoms with van der Waals surface area (Å²) in [6.45, 7) is 2.06. The highest BCUT2D eigenvalue weighted by Gasteiger charge is 2.08. The lowest BCUT2D eigenvalue weighted by Crippen LogP contribution is -2.14. The highest BCUT2D eigenvalue weighted by atomic mass is 35.5. The van der Waals surface area contributed by atoms with E-state index in [0.29, 0.717) is 22.2 Å². The third-order valence-corrected chi connectivity index (χ3v) is 4.30. The lowest BCUT2D eigenvalue weighted by atomic mass is 10.2.